The molecule has 0 bridgehead atoms. The highest BCUT2D eigenvalue weighted by molar-refractivity contribution is 5.22. The quantitative estimate of drug-likeness (QED) is 0.767. The first-order chi connectivity index (χ1) is 6.79. The van der Waals surface area contributed by atoms with Gasteiger partial charge in [0.15, 0.2) is 0 Å². The van der Waals surface area contributed by atoms with E-state index in [1.54, 1.807) is 0 Å². The van der Waals surface area contributed by atoms with Gasteiger partial charge >= 0.3 is 0 Å². The van der Waals surface area contributed by atoms with Crippen LogP contribution in [0.2, 0.25) is 0 Å². The first kappa shape index (κ1) is 9.72. The second kappa shape index (κ2) is 4.14. The lowest BCUT2D eigenvalue weighted by molar-refractivity contribution is 0.500. The van der Waals surface area contributed by atoms with Crippen LogP contribution in [0.5, 0.6) is 0 Å². The summed E-state index contributed by atoms with van der Waals surface area (Å²) in [5.41, 5.74) is 2.81. The van der Waals surface area contributed by atoms with E-state index in [0.717, 1.165) is 5.92 Å². The molecule has 0 spiro atoms. The van der Waals surface area contributed by atoms with Crippen molar-refractivity contribution in [3.05, 3.63) is 35.4 Å². The van der Waals surface area contributed by atoms with Gasteiger partial charge in [0.1, 0.15) is 0 Å². The molecule has 0 heterocycles. The molecular formula is C13H19N. The molecule has 1 aliphatic rings. The number of hydrogen-bond acceptors (Lipinski definition) is 1. The smallest absolute Gasteiger partial charge is 0.0133 e. The molecule has 76 valence electrons. The molecule has 1 heteroatoms. The van der Waals surface area contributed by atoms with Crippen LogP contribution < -0.4 is 5.32 Å². The lowest BCUT2D eigenvalue weighted by Gasteiger charge is -2.15. The second-order valence-corrected chi connectivity index (χ2v) is 4.42. The van der Waals surface area contributed by atoms with Gasteiger partial charge in [0.05, 0.1) is 0 Å². The van der Waals surface area contributed by atoms with Gasteiger partial charge in [0.25, 0.3) is 0 Å². The first-order valence-corrected chi connectivity index (χ1v) is 5.52. The Morgan fingerprint density at radius 2 is 1.93 bits per heavy atom. The zero-order valence-electron chi connectivity index (χ0n) is 9.09. The Balaban J connectivity index is 1.98. The van der Waals surface area contributed by atoms with Crippen molar-refractivity contribution in [2.45, 2.75) is 32.2 Å². The minimum Gasteiger partial charge on any atom is -0.316 e. The topological polar surface area (TPSA) is 12.0 Å². The molecule has 1 atom stereocenters. The van der Waals surface area contributed by atoms with Gasteiger partial charge in [0, 0.05) is 6.04 Å². The molecule has 1 aliphatic carbocycles. The maximum absolute atomic E-state index is 3.43. The van der Waals surface area contributed by atoms with Gasteiger partial charge in [-0.3, -0.25) is 0 Å². The first-order valence-electron chi connectivity index (χ1n) is 5.52. The maximum Gasteiger partial charge on any atom is 0.0133 e. The molecule has 1 N–H and O–H groups in total. The number of benzene rings is 1. The summed E-state index contributed by atoms with van der Waals surface area (Å²) in [5.74, 6) is 0.932. The molecule has 1 fully saturated rings. The Morgan fingerprint density at radius 1 is 1.29 bits per heavy atom. The Morgan fingerprint density at radius 3 is 2.43 bits per heavy atom. The largest absolute Gasteiger partial charge is 0.316 e. The Labute approximate surface area is 86.5 Å². The normalized spacial score (nSPS) is 18.1. The van der Waals surface area contributed by atoms with Gasteiger partial charge in [-0.1, -0.05) is 29.8 Å². The van der Waals surface area contributed by atoms with E-state index in [1.165, 1.54) is 30.4 Å². The number of hydrogen-bond donors (Lipinski definition) is 1. The standard InChI is InChI=1S/C13H19N/c1-10-3-5-11(6-4-10)9-13(14-2)12-7-8-12/h3-6,12-14H,7-9H2,1-2H3. The molecule has 0 aromatic heterocycles. The van der Waals surface area contributed by atoms with Crippen LogP contribution in [0.1, 0.15) is 24.0 Å². The van der Waals surface area contributed by atoms with E-state index in [0.29, 0.717) is 6.04 Å². The molecule has 0 radical (unpaired) electrons. The number of nitrogens with one attached hydrogen (secondary N) is 1. The second-order valence-electron chi connectivity index (χ2n) is 4.42. The van der Waals surface area contributed by atoms with Crippen molar-refractivity contribution < 1.29 is 0 Å². The SMILES string of the molecule is CNC(Cc1ccc(C)cc1)C1CC1. The van der Waals surface area contributed by atoms with Crippen molar-refractivity contribution in [3.63, 3.8) is 0 Å². The third-order valence-corrected chi connectivity index (χ3v) is 3.14. The Hall–Kier alpha value is -0.820. The van der Waals surface area contributed by atoms with Crippen LogP contribution in [0.15, 0.2) is 24.3 Å². The summed E-state index contributed by atoms with van der Waals surface area (Å²) in [5, 5.41) is 3.43. The molecule has 1 aromatic carbocycles. The third-order valence-electron chi connectivity index (χ3n) is 3.14. The summed E-state index contributed by atoms with van der Waals surface area (Å²) in [7, 11) is 2.08. The fraction of sp³-hybridized carbons (Fsp3) is 0.538. The Kier molecular flexibility index (Phi) is 2.87. The highest BCUT2D eigenvalue weighted by atomic mass is 14.9. The maximum atomic E-state index is 3.43. The van der Waals surface area contributed by atoms with Gasteiger partial charge in [-0.2, -0.15) is 0 Å². The summed E-state index contributed by atoms with van der Waals surface area (Å²) < 4.78 is 0. The van der Waals surface area contributed by atoms with Gasteiger partial charge < -0.3 is 5.32 Å². The average Bonchev–Trinajstić information content (AvgIpc) is 3.01. The van der Waals surface area contributed by atoms with Crippen LogP contribution in [-0.4, -0.2) is 13.1 Å². The summed E-state index contributed by atoms with van der Waals surface area (Å²) in [4.78, 5) is 0. The molecule has 14 heavy (non-hydrogen) atoms. The number of rotatable bonds is 4. The van der Waals surface area contributed by atoms with E-state index in [9.17, 15) is 0 Å². The predicted octanol–water partition coefficient (Wildman–Crippen LogP) is 2.54. The van der Waals surface area contributed by atoms with Gasteiger partial charge in [0.2, 0.25) is 0 Å². The minimum absolute atomic E-state index is 0.692. The van der Waals surface area contributed by atoms with E-state index < -0.39 is 0 Å². The molecule has 0 saturated heterocycles. The monoisotopic (exact) mass is 189 g/mol. The van der Waals surface area contributed by atoms with Crippen molar-refractivity contribution in [1.82, 2.24) is 5.32 Å². The van der Waals surface area contributed by atoms with Crippen LogP contribution in [0.4, 0.5) is 0 Å². The predicted molar refractivity (Wildman–Crippen MR) is 60.5 cm³/mol. The molecule has 0 amide bonds. The minimum atomic E-state index is 0.692. The zero-order chi connectivity index (χ0) is 9.97. The molecule has 1 aromatic rings. The highest BCUT2D eigenvalue weighted by Gasteiger charge is 2.29. The fourth-order valence-electron chi connectivity index (χ4n) is 1.98. The highest BCUT2D eigenvalue weighted by Crippen LogP contribution is 2.33. The van der Waals surface area contributed by atoms with Crippen molar-refractivity contribution >= 4 is 0 Å². The molecular weight excluding hydrogens is 170 g/mol. The van der Waals surface area contributed by atoms with Crippen LogP contribution in [0, 0.1) is 12.8 Å². The van der Waals surface area contributed by atoms with Crippen molar-refractivity contribution in [2.75, 3.05) is 7.05 Å². The lowest BCUT2D eigenvalue weighted by atomic mass is 10.0. The molecule has 1 unspecified atom stereocenters. The molecule has 2 rings (SSSR count). The van der Waals surface area contributed by atoms with Crippen LogP contribution in [0.25, 0.3) is 0 Å². The molecule has 1 nitrogen and oxygen atoms in total. The van der Waals surface area contributed by atoms with E-state index in [2.05, 4.69) is 43.6 Å². The number of aryl methyl sites for hydroxylation is 1. The Bertz CT molecular complexity index is 285. The van der Waals surface area contributed by atoms with Crippen LogP contribution >= 0.6 is 0 Å². The van der Waals surface area contributed by atoms with E-state index >= 15 is 0 Å². The average molecular weight is 189 g/mol. The molecule has 1 saturated carbocycles. The van der Waals surface area contributed by atoms with E-state index in [1.807, 2.05) is 0 Å². The lowest BCUT2D eigenvalue weighted by Crippen LogP contribution is -2.29. The molecule has 0 aliphatic heterocycles. The van der Waals surface area contributed by atoms with E-state index in [4.69, 9.17) is 0 Å². The van der Waals surface area contributed by atoms with Gasteiger partial charge in [-0.15, -0.1) is 0 Å². The van der Waals surface area contributed by atoms with Crippen LogP contribution in [0.3, 0.4) is 0 Å². The zero-order valence-corrected chi connectivity index (χ0v) is 9.09. The summed E-state index contributed by atoms with van der Waals surface area (Å²) >= 11 is 0. The van der Waals surface area contributed by atoms with Gasteiger partial charge in [-0.05, 0) is 44.7 Å². The summed E-state index contributed by atoms with van der Waals surface area (Å²) in [6.45, 7) is 2.14. The number of likely N-dealkylation sites (N-methyl/N-ethyl adjacent to an activating group) is 1. The third kappa shape index (κ3) is 2.36. The van der Waals surface area contributed by atoms with Crippen molar-refractivity contribution in [2.24, 2.45) is 5.92 Å². The van der Waals surface area contributed by atoms with Crippen molar-refractivity contribution in [3.8, 4) is 0 Å². The van der Waals surface area contributed by atoms with Crippen molar-refractivity contribution in [1.29, 1.82) is 0 Å². The van der Waals surface area contributed by atoms with Crippen LogP contribution in [-0.2, 0) is 6.42 Å². The van der Waals surface area contributed by atoms with Gasteiger partial charge in [-0.25, -0.2) is 0 Å². The summed E-state index contributed by atoms with van der Waals surface area (Å²) in [6, 6.07) is 9.60. The fourth-order valence-corrected chi connectivity index (χ4v) is 1.98. The van der Waals surface area contributed by atoms with E-state index in [-0.39, 0.29) is 0 Å². The summed E-state index contributed by atoms with van der Waals surface area (Å²) in [6.07, 6.45) is 4.01.